The van der Waals surface area contributed by atoms with Crippen molar-refractivity contribution in [2.75, 3.05) is 13.2 Å². The molecule has 0 radical (unpaired) electrons. The average Bonchev–Trinajstić information content (AvgIpc) is 3.17. The second-order valence-corrected chi connectivity index (χ2v) is 9.47. The number of carbonyl (C=O) groups is 2. The predicted molar refractivity (Wildman–Crippen MR) is 148 cm³/mol. The summed E-state index contributed by atoms with van der Waals surface area (Å²) in [6, 6.07) is 21.4. The third-order valence-electron chi connectivity index (χ3n) is 6.65. The summed E-state index contributed by atoms with van der Waals surface area (Å²) in [6.45, 7) is 7.22. The molecule has 1 amide bonds. The second kappa shape index (κ2) is 12.5. The molecular formula is C32H35NO5. The van der Waals surface area contributed by atoms with Gasteiger partial charge in [-0.3, -0.25) is 9.59 Å². The molecule has 1 aliphatic heterocycles. The highest BCUT2D eigenvalue weighted by Crippen LogP contribution is 2.42. The molecule has 4 rings (SSSR count). The Morgan fingerprint density at radius 3 is 2.32 bits per heavy atom. The summed E-state index contributed by atoms with van der Waals surface area (Å²) < 4.78 is 11.9. The van der Waals surface area contributed by atoms with Crippen LogP contribution in [0.4, 0.5) is 0 Å². The fourth-order valence-corrected chi connectivity index (χ4v) is 4.65. The molecule has 1 aliphatic rings. The molecule has 6 nitrogen and oxygen atoms in total. The highest BCUT2D eigenvalue weighted by atomic mass is 16.5. The fraction of sp³-hybridized carbons (Fsp3) is 0.312. The van der Waals surface area contributed by atoms with Crippen LogP contribution < -0.4 is 9.47 Å². The predicted octanol–water partition coefficient (Wildman–Crippen LogP) is 6.58. The third kappa shape index (κ3) is 5.91. The van der Waals surface area contributed by atoms with Gasteiger partial charge in [-0.25, -0.2) is 0 Å². The van der Waals surface area contributed by atoms with Crippen LogP contribution in [0.2, 0.25) is 0 Å². The number of likely N-dealkylation sites (tertiary alicyclic amines) is 1. The van der Waals surface area contributed by atoms with E-state index in [-0.39, 0.29) is 17.9 Å². The van der Waals surface area contributed by atoms with Gasteiger partial charge in [0.25, 0.3) is 11.7 Å². The van der Waals surface area contributed by atoms with E-state index in [1.54, 1.807) is 12.1 Å². The van der Waals surface area contributed by atoms with E-state index in [4.69, 9.17) is 9.47 Å². The number of aliphatic hydroxyl groups excluding tert-OH is 1. The number of nitrogens with zero attached hydrogens (tertiary/aromatic N) is 1. The Bertz CT molecular complexity index is 1300. The number of hydrogen-bond acceptors (Lipinski definition) is 5. The third-order valence-corrected chi connectivity index (χ3v) is 6.65. The molecule has 0 aliphatic carbocycles. The number of carbonyl (C=O) groups excluding carboxylic acids is 2. The lowest BCUT2D eigenvalue weighted by Crippen LogP contribution is -2.29. The van der Waals surface area contributed by atoms with Crippen molar-refractivity contribution in [2.24, 2.45) is 0 Å². The Labute approximate surface area is 224 Å². The van der Waals surface area contributed by atoms with Crippen LogP contribution in [0.5, 0.6) is 11.5 Å². The second-order valence-electron chi connectivity index (χ2n) is 9.47. The summed E-state index contributed by atoms with van der Waals surface area (Å²) in [5, 5.41) is 11.3. The van der Waals surface area contributed by atoms with Gasteiger partial charge in [-0.15, -0.1) is 0 Å². The number of unbranched alkanes of at least 4 members (excludes halogenated alkanes) is 2. The van der Waals surface area contributed by atoms with Gasteiger partial charge in [0.15, 0.2) is 11.5 Å². The highest BCUT2D eigenvalue weighted by molar-refractivity contribution is 6.46. The van der Waals surface area contributed by atoms with E-state index in [0.717, 1.165) is 30.4 Å². The maximum absolute atomic E-state index is 13.4. The van der Waals surface area contributed by atoms with Crippen molar-refractivity contribution >= 4 is 17.4 Å². The van der Waals surface area contributed by atoms with Crippen LogP contribution in [-0.4, -0.2) is 34.9 Å². The minimum absolute atomic E-state index is 0.0637. The van der Waals surface area contributed by atoms with Crippen molar-refractivity contribution in [3.05, 3.63) is 101 Å². The molecule has 1 unspecified atom stereocenters. The Morgan fingerprint density at radius 1 is 0.895 bits per heavy atom. The summed E-state index contributed by atoms with van der Waals surface area (Å²) in [6.07, 6.45) is 3.12. The van der Waals surface area contributed by atoms with Gasteiger partial charge >= 0.3 is 0 Å². The lowest BCUT2D eigenvalue weighted by molar-refractivity contribution is -0.140. The molecule has 1 heterocycles. The molecule has 3 aromatic rings. The SMILES string of the molecule is CCCCCOc1ccc(C2/C(=C(\O)c3ccc(C)cc3)C(=O)C(=O)N2Cc2ccccc2)cc1OCC. The van der Waals surface area contributed by atoms with Crippen molar-refractivity contribution in [3.8, 4) is 11.5 Å². The standard InChI is InChI=1S/C32H35NO5/c1-4-6-10-19-38-26-18-17-25(20-27(26)37-5-2)29-28(30(34)24-15-13-22(3)14-16-24)31(35)32(36)33(29)21-23-11-8-7-9-12-23/h7-9,11-18,20,29,34H,4-6,10,19,21H2,1-3H3/b30-28+. The maximum Gasteiger partial charge on any atom is 0.295 e. The minimum atomic E-state index is -0.787. The summed E-state index contributed by atoms with van der Waals surface area (Å²) in [5.41, 5.74) is 3.13. The summed E-state index contributed by atoms with van der Waals surface area (Å²) >= 11 is 0. The van der Waals surface area contributed by atoms with Crippen LogP contribution in [0.3, 0.4) is 0 Å². The first-order valence-electron chi connectivity index (χ1n) is 13.2. The van der Waals surface area contributed by atoms with E-state index in [1.165, 1.54) is 4.90 Å². The van der Waals surface area contributed by atoms with Gasteiger partial charge in [0, 0.05) is 12.1 Å². The molecule has 0 bridgehead atoms. The van der Waals surface area contributed by atoms with Crippen molar-refractivity contribution in [1.82, 2.24) is 4.90 Å². The van der Waals surface area contributed by atoms with Gasteiger partial charge in [-0.05, 0) is 43.5 Å². The molecule has 198 valence electrons. The van der Waals surface area contributed by atoms with Crippen LogP contribution in [0.1, 0.15) is 61.4 Å². The van der Waals surface area contributed by atoms with E-state index >= 15 is 0 Å². The zero-order valence-corrected chi connectivity index (χ0v) is 22.3. The van der Waals surface area contributed by atoms with Gasteiger partial charge in [-0.2, -0.15) is 0 Å². The number of ether oxygens (including phenoxy) is 2. The van der Waals surface area contributed by atoms with Gasteiger partial charge < -0.3 is 19.5 Å². The number of aliphatic hydroxyl groups is 1. The number of ketones is 1. The lowest BCUT2D eigenvalue weighted by Gasteiger charge is -2.26. The lowest BCUT2D eigenvalue weighted by atomic mass is 9.94. The number of aryl methyl sites for hydroxylation is 1. The zero-order chi connectivity index (χ0) is 27.1. The van der Waals surface area contributed by atoms with Gasteiger partial charge in [0.05, 0.1) is 24.8 Å². The Hall–Kier alpha value is -4.06. The van der Waals surface area contributed by atoms with E-state index in [1.807, 2.05) is 74.5 Å². The van der Waals surface area contributed by atoms with Crippen LogP contribution in [0.25, 0.3) is 5.76 Å². The average molecular weight is 514 g/mol. The van der Waals surface area contributed by atoms with Gasteiger partial charge in [0.2, 0.25) is 0 Å². The number of hydrogen-bond donors (Lipinski definition) is 1. The van der Waals surface area contributed by atoms with E-state index < -0.39 is 17.7 Å². The molecule has 1 atom stereocenters. The number of Topliss-reactive ketones (excluding diaryl/α,β-unsaturated/α-hetero) is 1. The van der Waals surface area contributed by atoms with Crippen LogP contribution in [0.15, 0.2) is 78.4 Å². The summed E-state index contributed by atoms with van der Waals surface area (Å²) in [4.78, 5) is 28.3. The quantitative estimate of drug-likeness (QED) is 0.136. The number of amides is 1. The largest absolute Gasteiger partial charge is 0.507 e. The molecule has 6 heteroatoms. The minimum Gasteiger partial charge on any atom is -0.507 e. The molecule has 0 saturated carbocycles. The van der Waals surface area contributed by atoms with Crippen molar-refractivity contribution in [1.29, 1.82) is 0 Å². The van der Waals surface area contributed by atoms with E-state index in [0.29, 0.717) is 35.8 Å². The van der Waals surface area contributed by atoms with Crippen molar-refractivity contribution in [3.63, 3.8) is 0 Å². The fourth-order valence-electron chi connectivity index (χ4n) is 4.65. The Morgan fingerprint density at radius 2 is 1.63 bits per heavy atom. The molecule has 38 heavy (non-hydrogen) atoms. The van der Waals surface area contributed by atoms with E-state index in [9.17, 15) is 14.7 Å². The first-order chi connectivity index (χ1) is 18.4. The van der Waals surface area contributed by atoms with Gasteiger partial charge in [-0.1, -0.05) is 86.0 Å². The Balaban J connectivity index is 1.80. The molecule has 1 fully saturated rings. The smallest absolute Gasteiger partial charge is 0.295 e. The summed E-state index contributed by atoms with van der Waals surface area (Å²) in [7, 11) is 0. The molecule has 0 aromatic heterocycles. The maximum atomic E-state index is 13.4. The number of rotatable bonds is 11. The van der Waals surface area contributed by atoms with Crippen LogP contribution >= 0.6 is 0 Å². The molecular weight excluding hydrogens is 478 g/mol. The van der Waals surface area contributed by atoms with Crippen molar-refractivity contribution in [2.45, 2.75) is 52.6 Å². The highest BCUT2D eigenvalue weighted by Gasteiger charge is 2.46. The van der Waals surface area contributed by atoms with Gasteiger partial charge in [0.1, 0.15) is 5.76 Å². The molecule has 0 spiro atoms. The monoisotopic (exact) mass is 513 g/mol. The first-order valence-corrected chi connectivity index (χ1v) is 13.2. The zero-order valence-electron chi connectivity index (χ0n) is 22.3. The van der Waals surface area contributed by atoms with Crippen LogP contribution in [0, 0.1) is 6.92 Å². The normalized spacial score (nSPS) is 16.6. The number of benzene rings is 3. The van der Waals surface area contributed by atoms with Crippen molar-refractivity contribution < 1.29 is 24.2 Å². The topological polar surface area (TPSA) is 76.1 Å². The molecule has 3 aromatic carbocycles. The van der Waals surface area contributed by atoms with E-state index in [2.05, 4.69) is 6.92 Å². The molecule has 1 saturated heterocycles. The first kappa shape index (κ1) is 27.0. The molecule has 1 N–H and O–H groups in total. The Kier molecular flexibility index (Phi) is 8.85. The van der Waals surface area contributed by atoms with Crippen LogP contribution in [-0.2, 0) is 16.1 Å². The summed E-state index contributed by atoms with van der Waals surface area (Å²) in [5.74, 6) is -0.388.